The number of unbranched alkanes of at least 4 members (excludes halogenated alkanes) is 1. The lowest BCUT2D eigenvalue weighted by atomic mass is 10.1. The quantitative estimate of drug-likeness (QED) is 0.465. The van der Waals surface area contributed by atoms with Crippen LogP contribution in [0.5, 0.6) is 5.75 Å². The van der Waals surface area contributed by atoms with Gasteiger partial charge in [0.2, 0.25) is 5.13 Å². The molecule has 0 unspecified atom stereocenters. The zero-order valence-corrected chi connectivity index (χ0v) is 13.1. The van der Waals surface area contributed by atoms with Gasteiger partial charge in [-0.2, -0.15) is 5.10 Å². The van der Waals surface area contributed by atoms with Crippen molar-refractivity contribution in [3.63, 3.8) is 0 Å². The van der Waals surface area contributed by atoms with Crippen molar-refractivity contribution in [3.8, 4) is 5.75 Å². The van der Waals surface area contributed by atoms with Crippen molar-refractivity contribution in [2.24, 2.45) is 5.10 Å². The van der Waals surface area contributed by atoms with Crippen LogP contribution in [0.25, 0.3) is 0 Å². The predicted octanol–water partition coefficient (Wildman–Crippen LogP) is 3.66. The molecule has 0 saturated carbocycles. The third kappa shape index (κ3) is 4.75. The zero-order chi connectivity index (χ0) is 15.1. The van der Waals surface area contributed by atoms with E-state index in [1.54, 1.807) is 11.6 Å². The van der Waals surface area contributed by atoms with Crippen LogP contribution in [0.4, 0.5) is 10.9 Å². The Morgan fingerprint density at radius 3 is 3.05 bits per heavy atom. The summed E-state index contributed by atoms with van der Waals surface area (Å²) >= 11 is 1.42. The Hall–Kier alpha value is -2.08. The fourth-order valence-corrected chi connectivity index (χ4v) is 2.27. The molecule has 5 nitrogen and oxygen atoms in total. The second-order valence-electron chi connectivity index (χ2n) is 4.69. The molecule has 3 N–H and O–H groups in total. The number of thiazole rings is 1. The molecule has 0 bridgehead atoms. The number of hydrogen-bond donors (Lipinski definition) is 2. The number of nitrogens with zero attached hydrogens (tertiary/aromatic N) is 2. The molecule has 2 rings (SSSR count). The molecule has 0 aliphatic rings. The van der Waals surface area contributed by atoms with Gasteiger partial charge in [-0.25, -0.2) is 4.98 Å². The van der Waals surface area contributed by atoms with E-state index in [2.05, 4.69) is 22.4 Å². The first-order valence-electron chi connectivity index (χ1n) is 6.92. The fourth-order valence-electron chi connectivity index (χ4n) is 1.72. The number of anilines is 2. The van der Waals surface area contributed by atoms with Crippen molar-refractivity contribution in [2.75, 3.05) is 17.8 Å². The topological polar surface area (TPSA) is 72.5 Å². The number of hydrogen-bond acceptors (Lipinski definition) is 6. The van der Waals surface area contributed by atoms with Crippen LogP contribution in [0.3, 0.4) is 0 Å². The molecule has 0 saturated heterocycles. The Bertz CT molecular complexity index is 609. The SMILES string of the molecule is CCCCOc1ccc(C)cc1C=NNc1nc(N)cs1. The van der Waals surface area contributed by atoms with E-state index in [9.17, 15) is 0 Å². The van der Waals surface area contributed by atoms with E-state index in [1.807, 2.05) is 25.1 Å². The summed E-state index contributed by atoms with van der Waals surface area (Å²) in [6.45, 7) is 4.91. The number of aryl methyl sites for hydroxylation is 1. The van der Waals surface area contributed by atoms with Gasteiger partial charge in [0.1, 0.15) is 11.6 Å². The van der Waals surface area contributed by atoms with Gasteiger partial charge in [0, 0.05) is 10.9 Å². The minimum atomic E-state index is 0.497. The molecule has 112 valence electrons. The predicted molar refractivity (Wildman–Crippen MR) is 89.3 cm³/mol. The van der Waals surface area contributed by atoms with Gasteiger partial charge in [-0.05, 0) is 25.5 Å². The van der Waals surface area contributed by atoms with E-state index in [4.69, 9.17) is 10.5 Å². The van der Waals surface area contributed by atoms with Crippen LogP contribution in [-0.4, -0.2) is 17.8 Å². The molecule has 21 heavy (non-hydrogen) atoms. The minimum absolute atomic E-state index is 0.497. The number of benzene rings is 1. The molecule has 1 aromatic carbocycles. The molecule has 6 heteroatoms. The smallest absolute Gasteiger partial charge is 0.205 e. The van der Waals surface area contributed by atoms with Crippen molar-refractivity contribution in [1.29, 1.82) is 0 Å². The molecular formula is C15H20N4OS. The van der Waals surface area contributed by atoms with Crippen LogP contribution >= 0.6 is 11.3 Å². The van der Waals surface area contributed by atoms with Crippen LogP contribution in [0.15, 0.2) is 28.7 Å². The number of nitrogens with two attached hydrogens (primary N) is 1. The van der Waals surface area contributed by atoms with E-state index in [0.29, 0.717) is 10.9 Å². The Balaban J connectivity index is 2.04. The lowest BCUT2D eigenvalue weighted by molar-refractivity contribution is 0.309. The molecule has 0 fully saturated rings. The molecular weight excluding hydrogens is 284 g/mol. The summed E-state index contributed by atoms with van der Waals surface area (Å²) in [4.78, 5) is 4.08. The second-order valence-corrected chi connectivity index (χ2v) is 5.55. The van der Waals surface area contributed by atoms with Gasteiger partial charge in [0.15, 0.2) is 0 Å². The first-order chi connectivity index (χ1) is 10.2. The number of hydrazone groups is 1. The Labute approximate surface area is 128 Å². The summed E-state index contributed by atoms with van der Waals surface area (Å²) in [6.07, 6.45) is 3.90. The van der Waals surface area contributed by atoms with Crippen molar-refractivity contribution < 1.29 is 4.74 Å². The van der Waals surface area contributed by atoms with Crippen molar-refractivity contribution in [2.45, 2.75) is 26.7 Å². The van der Waals surface area contributed by atoms with Gasteiger partial charge in [0.25, 0.3) is 0 Å². The third-order valence-electron chi connectivity index (χ3n) is 2.81. The monoisotopic (exact) mass is 304 g/mol. The molecule has 0 aliphatic carbocycles. The average Bonchev–Trinajstić information content (AvgIpc) is 2.87. The van der Waals surface area contributed by atoms with Gasteiger partial charge in [0.05, 0.1) is 12.8 Å². The molecule has 0 radical (unpaired) electrons. The Morgan fingerprint density at radius 1 is 1.48 bits per heavy atom. The van der Waals surface area contributed by atoms with E-state index in [0.717, 1.165) is 36.3 Å². The molecule has 0 aliphatic heterocycles. The normalized spacial score (nSPS) is 11.0. The number of aromatic nitrogens is 1. The highest BCUT2D eigenvalue weighted by Crippen LogP contribution is 2.20. The van der Waals surface area contributed by atoms with Crippen LogP contribution in [0, 0.1) is 6.92 Å². The summed E-state index contributed by atoms with van der Waals surface area (Å²) in [5, 5.41) is 6.63. The van der Waals surface area contributed by atoms with Gasteiger partial charge >= 0.3 is 0 Å². The summed E-state index contributed by atoms with van der Waals surface area (Å²) in [6, 6.07) is 6.06. The van der Waals surface area contributed by atoms with E-state index in [1.165, 1.54) is 11.3 Å². The largest absolute Gasteiger partial charge is 0.493 e. The third-order valence-corrected chi connectivity index (χ3v) is 3.57. The number of nitrogen functional groups attached to an aromatic ring is 1. The lowest BCUT2D eigenvalue weighted by Crippen LogP contribution is -2.00. The average molecular weight is 304 g/mol. The Kier molecular flexibility index (Phi) is 5.57. The Morgan fingerprint density at radius 2 is 2.33 bits per heavy atom. The minimum Gasteiger partial charge on any atom is -0.493 e. The second kappa shape index (κ2) is 7.64. The highest BCUT2D eigenvalue weighted by atomic mass is 32.1. The fraction of sp³-hybridized carbons (Fsp3) is 0.333. The van der Waals surface area contributed by atoms with Gasteiger partial charge in [-0.3, -0.25) is 5.43 Å². The van der Waals surface area contributed by atoms with Crippen LogP contribution in [0.1, 0.15) is 30.9 Å². The highest BCUT2D eigenvalue weighted by molar-refractivity contribution is 7.14. The zero-order valence-electron chi connectivity index (χ0n) is 12.3. The maximum atomic E-state index is 5.79. The lowest BCUT2D eigenvalue weighted by Gasteiger charge is -2.09. The first-order valence-corrected chi connectivity index (χ1v) is 7.80. The number of ether oxygens (including phenoxy) is 1. The molecule has 2 aromatic rings. The van der Waals surface area contributed by atoms with Gasteiger partial charge < -0.3 is 10.5 Å². The summed E-state index contributed by atoms with van der Waals surface area (Å²) < 4.78 is 5.79. The van der Waals surface area contributed by atoms with Crippen molar-refractivity contribution >= 4 is 28.5 Å². The van der Waals surface area contributed by atoms with E-state index in [-0.39, 0.29) is 0 Å². The van der Waals surface area contributed by atoms with Gasteiger partial charge in [-0.15, -0.1) is 11.3 Å². The molecule has 0 spiro atoms. The van der Waals surface area contributed by atoms with Crippen LogP contribution in [-0.2, 0) is 0 Å². The summed E-state index contributed by atoms with van der Waals surface area (Å²) in [7, 11) is 0. The first kappa shape index (κ1) is 15.3. The number of nitrogens with one attached hydrogen (secondary N) is 1. The van der Waals surface area contributed by atoms with Crippen molar-refractivity contribution in [1.82, 2.24) is 4.98 Å². The molecule has 0 atom stereocenters. The number of rotatable bonds is 7. The highest BCUT2D eigenvalue weighted by Gasteiger charge is 2.02. The van der Waals surface area contributed by atoms with Crippen LogP contribution < -0.4 is 15.9 Å². The van der Waals surface area contributed by atoms with E-state index < -0.39 is 0 Å². The molecule has 1 heterocycles. The van der Waals surface area contributed by atoms with E-state index >= 15 is 0 Å². The maximum Gasteiger partial charge on any atom is 0.205 e. The summed E-state index contributed by atoms with van der Waals surface area (Å²) in [5.41, 5.74) is 10.5. The van der Waals surface area contributed by atoms with Crippen LogP contribution in [0.2, 0.25) is 0 Å². The standard InChI is InChI=1S/C15H20N4OS/c1-3-4-7-20-13-6-5-11(2)8-12(13)9-17-19-15-18-14(16)10-21-15/h5-6,8-10H,3-4,7,16H2,1-2H3,(H,18,19). The van der Waals surface area contributed by atoms with Gasteiger partial charge in [-0.1, -0.05) is 25.0 Å². The summed E-state index contributed by atoms with van der Waals surface area (Å²) in [5.74, 6) is 1.34. The molecule has 0 amide bonds. The van der Waals surface area contributed by atoms with Crippen molar-refractivity contribution in [3.05, 3.63) is 34.7 Å². The molecule has 1 aromatic heterocycles. The maximum absolute atomic E-state index is 5.79.